The quantitative estimate of drug-likeness (QED) is 0.187. The summed E-state index contributed by atoms with van der Waals surface area (Å²) in [6, 6.07) is 21.6. The molecule has 0 radical (unpaired) electrons. The van der Waals surface area contributed by atoms with Crippen LogP contribution in [0.5, 0.6) is 0 Å². The second-order valence-corrected chi connectivity index (χ2v) is 10.1. The van der Waals surface area contributed by atoms with Gasteiger partial charge in [-0.05, 0) is 48.0 Å². The number of nitrogens with zero attached hydrogens (tertiary/aromatic N) is 2. The number of amides is 2. The van der Waals surface area contributed by atoms with Crippen LogP contribution in [-0.4, -0.2) is 33.9 Å². The predicted octanol–water partition coefficient (Wildman–Crippen LogP) is 6.38. The monoisotopic (exact) mass is 610 g/mol. The number of benzene rings is 4. The van der Waals surface area contributed by atoms with E-state index in [-0.39, 0.29) is 17.7 Å². The van der Waals surface area contributed by atoms with Crippen molar-refractivity contribution in [2.75, 3.05) is 5.32 Å². The number of hydrogen-bond donors (Lipinski definition) is 3. The first-order valence-electron chi connectivity index (χ1n) is 13.1. The molecule has 0 saturated carbocycles. The molecule has 1 heterocycles. The molecule has 1 atom stereocenters. The number of aliphatic carboxylic acids is 1. The van der Waals surface area contributed by atoms with Crippen LogP contribution in [0.15, 0.2) is 91.1 Å². The molecule has 11 heteroatoms. The number of aromatic nitrogens is 1. The normalized spacial score (nSPS) is 11.4. The number of nitriles is 1. The summed E-state index contributed by atoms with van der Waals surface area (Å²) in [4.78, 5) is 41.9. The van der Waals surface area contributed by atoms with Crippen LogP contribution in [0.4, 0.5) is 14.5 Å². The van der Waals surface area contributed by atoms with Gasteiger partial charge in [0.15, 0.2) is 0 Å². The summed E-state index contributed by atoms with van der Waals surface area (Å²) in [5.41, 5.74) is 1.67. The molecule has 5 aromatic rings. The molecule has 0 fully saturated rings. The van der Waals surface area contributed by atoms with Crippen LogP contribution in [0.2, 0.25) is 5.02 Å². The lowest BCUT2D eigenvalue weighted by Crippen LogP contribution is -2.43. The van der Waals surface area contributed by atoms with E-state index in [1.165, 1.54) is 18.2 Å². The summed E-state index contributed by atoms with van der Waals surface area (Å²) < 4.78 is 29.9. The lowest BCUT2D eigenvalue weighted by atomic mass is 9.94. The van der Waals surface area contributed by atoms with Gasteiger partial charge in [-0.2, -0.15) is 5.26 Å². The van der Waals surface area contributed by atoms with E-state index in [1.807, 2.05) is 6.07 Å². The molecule has 0 unspecified atom stereocenters. The van der Waals surface area contributed by atoms with Crippen LogP contribution in [0.1, 0.15) is 31.8 Å². The van der Waals surface area contributed by atoms with E-state index in [0.29, 0.717) is 38.2 Å². The minimum atomic E-state index is -1.56. The molecule has 0 aliphatic carbocycles. The van der Waals surface area contributed by atoms with E-state index in [0.717, 1.165) is 12.1 Å². The molecule has 4 aromatic carbocycles. The molecule has 0 bridgehead atoms. The maximum atomic E-state index is 15.0. The zero-order valence-electron chi connectivity index (χ0n) is 22.6. The van der Waals surface area contributed by atoms with Crippen LogP contribution in [0, 0.1) is 23.0 Å². The molecule has 2 amide bonds. The van der Waals surface area contributed by atoms with Crippen molar-refractivity contribution in [2.45, 2.75) is 12.5 Å². The van der Waals surface area contributed by atoms with Gasteiger partial charge in [0.2, 0.25) is 0 Å². The summed E-state index contributed by atoms with van der Waals surface area (Å²) in [5.74, 6) is -5.89. The first kappa shape index (κ1) is 29.8. The van der Waals surface area contributed by atoms with Crippen molar-refractivity contribution in [3.63, 3.8) is 0 Å². The SMILES string of the molecule is N#Cc1ccc(-c2ccc(C[C@H](NC(=O)c3c(F)cc(NC(=O)c4ccccc4)cc3F)C(=O)O)c3cccnc23)c(Cl)c1. The molecule has 44 heavy (non-hydrogen) atoms. The summed E-state index contributed by atoms with van der Waals surface area (Å²) in [6.45, 7) is 0. The molecule has 0 spiro atoms. The van der Waals surface area contributed by atoms with E-state index < -0.39 is 41.0 Å². The third-order valence-electron chi connectivity index (χ3n) is 6.84. The van der Waals surface area contributed by atoms with Crippen molar-refractivity contribution < 1.29 is 28.3 Å². The number of rotatable bonds is 8. The van der Waals surface area contributed by atoms with E-state index >= 15 is 0 Å². The molecular formula is C33H21ClF2N4O4. The van der Waals surface area contributed by atoms with Crippen LogP contribution < -0.4 is 10.6 Å². The topological polar surface area (TPSA) is 132 Å². The maximum absolute atomic E-state index is 15.0. The molecule has 8 nitrogen and oxygen atoms in total. The zero-order valence-corrected chi connectivity index (χ0v) is 23.4. The third kappa shape index (κ3) is 6.23. The van der Waals surface area contributed by atoms with Gasteiger partial charge in [-0.15, -0.1) is 0 Å². The Morgan fingerprint density at radius 3 is 2.27 bits per heavy atom. The summed E-state index contributed by atoms with van der Waals surface area (Å²) in [7, 11) is 0. The molecule has 0 saturated heterocycles. The lowest BCUT2D eigenvalue weighted by Gasteiger charge is -2.18. The molecular weight excluding hydrogens is 590 g/mol. The number of hydrogen-bond acceptors (Lipinski definition) is 5. The number of carboxylic acids is 1. The van der Waals surface area contributed by atoms with Crippen molar-refractivity contribution in [1.82, 2.24) is 10.3 Å². The number of halogens is 3. The predicted molar refractivity (Wildman–Crippen MR) is 160 cm³/mol. The van der Waals surface area contributed by atoms with E-state index in [2.05, 4.69) is 15.6 Å². The second-order valence-electron chi connectivity index (χ2n) is 9.68. The molecule has 218 valence electrons. The van der Waals surface area contributed by atoms with Crippen molar-refractivity contribution in [3.8, 4) is 17.2 Å². The first-order valence-corrected chi connectivity index (χ1v) is 13.5. The Morgan fingerprint density at radius 2 is 1.61 bits per heavy atom. The average molecular weight is 611 g/mol. The summed E-state index contributed by atoms with van der Waals surface area (Å²) >= 11 is 6.43. The maximum Gasteiger partial charge on any atom is 0.326 e. The van der Waals surface area contributed by atoms with Gasteiger partial charge in [0.25, 0.3) is 11.8 Å². The van der Waals surface area contributed by atoms with Crippen LogP contribution >= 0.6 is 11.6 Å². The highest BCUT2D eigenvalue weighted by molar-refractivity contribution is 6.33. The highest BCUT2D eigenvalue weighted by Crippen LogP contribution is 2.35. The van der Waals surface area contributed by atoms with Gasteiger partial charge in [0.05, 0.1) is 17.1 Å². The molecule has 5 rings (SSSR count). The second kappa shape index (κ2) is 12.7. The Balaban J connectivity index is 1.39. The third-order valence-corrected chi connectivity index (χ3v) is 7.15. The molecule has 0 aliphatic heterocycles. The molecule has 1 aromatic heterocycles. The molecule has 0 aliphatic rings. The Morgan fingerprint density at radius 1 is 0.909 bits per heavy atom. The van der Waals surface area contributed by atoms with Gasteiger partial charge in [0.1, 0.15) is 23.2 Å². The van der Waals surface area contributed by atoms with Crippen molar-refractivity contribution in [3.05, 3.63) is 130 Å². The standard InChI is InChI=1S/C33H21ClF2N4O4/c34-25-13-18(17-37)8-10-23(25)24-11-9-20(22-7-4-12-38-30(22)24)14-28(33(43)44)40-32(42)29-26(35)15-21(16-27(29)36)39-31(41)19-5-2-1-3-6-19/h1-13,15-16,28H,14H2,(H,39,41)(H,40,42)(H,43,44)/t28-/m0/s1. The molecule has 3 N–H and O–H groups in total. The fraction of sp³-hybridized carbons (Fsp3) is 0.0606. The highest BCUT2D eigenvalue weighted by Gasteiger charge is 2.27. The number of carbonyl (C=O) groups excluding carboxylic acids is 2. The number of pyridine rings is 1. The fourth-order valence-electron chi connectivity index (χ4n) is 4.74. The van der Waals surface area contributed by atoms with Crippen molar-refractivity contribution in [2.24, 2.45) is 0 Å². The van der Waals surface area contributed by atoms with Crippen molar-refractivity contribution >= 4 is 46.0 Å². The largest absolute Gasteiger partial charge is 0.480 e. The number of anilines is 1. The Labute approximate surface area is 254 Å². The number of nitrogens with one attached hydrogen (secondary N) is 2. The van der Waals surface area contributed by atoms with Crippen molar-refractivity contribution in [1.29, 1.82) is 5.26 Å². The minimum Gasteiger partial charge on any atom is -0.480 e. The smallest absolute Gasteiger partial charge is 0.326 e. The van der Waals surface area contributed by atoms with Gasteiger partial charge in [-0.3, -0.25) is 14.6 Å². The highest BCUT2D eigenvalue weighted by atomic mass is 35.5. The van der Waals surface area contributed by atoms with Gasteiger partial charge in [0, 0.05) is 45.4 Å². The van der Waals surface area contributed by atoms with E-state index in [1.54, 1.807) is 60.8 Å². The fourth-order valence-corrected chi connectivity index (χ4v) is 5.02. The number of carboxylic acid groups (broad SMARTS) is 1. The zero-order chi connectivity index (χ0) is 31.4. The van der Waals surface area contributed by atoms with Crippen LogP contribution in [0.3, 0.4) is 0 Å². The van der Waals surface area contributed by atoms with Crippen LogP contribution in [0.25, 0.3) is 22.0 Å². The van der Waals surface area contributed by atoms with E-state index in [4.69, 9.17) is 16.9 Å². The number of fused-ring (bicyclic) bond motifs is 1. The lowest BCUT2D eigenvalue weighted by molar-refractivity contribution is -0.139. The van der Waals surface area contributed by atoms with Crippen LogP contribution in [-0.2, 0) is 11.2 Å². The van der Waals surface area contributed by atoms with Gasteiger partial charge in [-0.1, -0.05) is 54.1 Å². The first-order chi connectivity index (χ1) is 21.2. The van der Waals surface area contributed by atoms with Gasteiger partial charge < -0.3 is 15.7 Å². The average Bonchev–Trinajstić information content (AvgIpc) is 3.01. The van der Waals surface area contributed by atoms with Gasteiger partial charge in [-0.25, -0.2) is 13.6 Å². The Bertz CT molecular complexity index is 1960. The Kier molecular flexibility index (Phi) is 8.60. The van der Waals surface area contributed by atoms with Gasteiger partial charge >= 0.3 is 5.97 Å². The van der Waals surface area contributed by atoms with E-state index in [9.17, 15) is 28.3 Å². The Hall–Kier alpha value is -5.66. The number of carbonyl (C=O) groups is 3. The summed E-state index contributed by atoms with van der Waals surface area (Å²) in [6.07, 6.45) is 1.32. The summed E-state index contributed by atoms with van der Waals surface area (Å²) in [5, 5.41) is 24.5. The minimum absolute atomic E-state index is 0.221.